The van der Waals surface area contributed by atoms with Crippen molar-refractivity contribution < 1.29 is 21.6 Å². The van der Waals surface area contributed by atoms with Crippen LogP contribution in [0.4, 0.5) is 24.8 Å². The fourth-order valence-corrected chi connectivity index (χ4v) is 7.20. The van der Waals surface area contributed by atoms with Crippen molar-refractivity contribution in [2.24, 2.45) is 0 Å². The van der Waals surface area contributed by atoms with Crippen LogP contribution in [0, 0.1) is 0 Å². The Morgan fingerprint density at radius 1 is 1.00 bits per heavy atom. The number of halogens is 3. The van der Waals surface area contributed by atoms with Crippen LogP contribution in [0.3, 0.4) is 0 Å². The molecule has 2 aromatic rings. The van der Waals surface area contributed by atoms with Gasteiger partial charge in [-0.2, -0.15) is 13.2 Å². The third-order valence-corrected chi connectivity index (χ3v) is 9.94. The number of nitrogens with one attached hydrogen (secondary N) is 1. The van der Waals surface area contributed by atoms with Gasteiger partial charge >= 0.3 is 6.18 Å². The Morgan fingerprint density at radius 2 is 1.65 bits per heavy atom. The molecule has 2 aliphatic heterocycles. The zero-order chi connectivity index (χ0) is 26.5. The molecule has 37 heavy (non-hydrogen) atoms. The topological polar surface area (TPSA) is 81.7 Å². The van der Waals surface area contributed by atoms with Crippen LogP contribution in [-0.2, 0) is 21.6 Å². The van der Waals surface area contributed by atoms with Crippen molar-refractivity contribution in [1.29, 1.82) is 0 Å². The number of sulfone groups is 1. The molecular formula is C25H33F3N6O2S. The lowest BCUT2D eigenvalue weighted by molar-refractivity contribution is -0.140. The van der Waals surface area contributed by atoms with Gasteiger partial charge in [0.2, 0.25) is 5.95 Å². The largest absolute Gasteiger partial charge is 0.435 e. The highest BCUT2D eigenvalue weighted by Gasteiger charge is 2.49. The van der Waals surface area contributed by atoms with Gasteiger partial charge in [-0.05, 0) is 45.3 Å². The maximum Gasteiger partial charge on any atom is 0.435 e. The quantitative estimate of drug-likeness (QED) is 0.637. The Morgan fingerprint density at radius 3 is 2.24 bits per heavy atom. The van der Waals surface area contributed by atoms with Gasteiger partial charge in [0.25, 0.3) is 0 Å². The van der Waals surface area contributed by atoms with Gasteiger partial charge in [-0.3, -0.25) is 10.2 Å². The van der Waals surface area contributed by atoms with E-state index in [2.05, 4.69) is 46.4 Å². The summed E-state index contributed by atoms with van der Waals surface area (Å²) in [5.74, 6) is -0.311. The minimum absolute atomic E-state index is 0.0437. The van der Waals surface area contributed by atoms with Crippen LogP contribution < -0.4 is 15.1 Å². The van der Waals surface area contributed by atoms with Crippen LogP contribution in [0.25, 0.3) is 0 Å². The van der Waals surface area contributed by atoms with Gasteiger partial charge in [-0.25, -0.2) is 18.4 Å². The lowest BCUT2D eigenvalue weighted by atomic mass is 9.69. The highest BCUT2D eigenvalue weighted by atomic mass is 32.2. The number of rotatable bonds is 4. The molecule has 5 rings (SSSR count). The highest BCUT2D eigenvalue weighted by Crippen LogP contribution is 2.47. The van der Waals surface area contributed by atoms with E-state index in [0.29, 0.717) is 6.54 Å². The second kappa shape index (κ2) is 9.39. The smallest absolute Gasteiger partial charge is 0.354 e. The van der Waals surface area contributed by atoms with E-state index in [4.69, 9.17) is 0 Å². The summed E-state index contributed by atoms with van der Waals surface area (Å²) in [6.45, 7) is 0.901. The molecule has 3 aliphatic rings. The first-order chi connectivity index (χ1) is 17.4. The molecule has 1 spiro atoms. The first kappa shape index (κ1) is 26.2. The van der Waals surface area contributed by atoms with E-state index < -0.39 is 21.7 Å². The average molecular weight is 539 g/mol. The van der Waals surface area contributed by atoms with E-state index in [0.717, 1.165) is 25.7 Å². The number of nitrogens with zero attached hydrogens (tertiary/aromatic N) is 5. The summed E-state index contributed by atoms with van der Waals surface area (Å²) >= 11 is 0. The monoisotopic (exact) mass is 538 g/mol. The maximum atomic E-state index is 14.1. The van der Waals surface area contributed by atoms with Crippen LogP contribution in [-0.4, -0.2) is 80.7 Å². The number of alkyl halides is 3. The fourth-order valence-electron chi connectivity index (χ4n) is 6.00. The predicted octanol–water partition coefficient (Wildman–Crippen LogP) is 2.87. The predicted molar refractivity (Wildman–Crippen MR) is 136 cm³/mol. The lowest BCUT2D eigenvalue weighted by Gasteiger charge is -2.49. The zero-order valence-corrected chi connectivity index (χ0v) is 21.9. The van der Waals surface area contributed by atoms with E-state index in [1.807, 2.05) is 18.2 Å². The normalized spacial score (nSPS) is 28.3. The number of anilines is 2. The van der Waals surface area contributed by atoms with E-state index in [-0.39, 0.29) is 54.0 Å². The molecule has 0 bridgehead atoms. The molecule has 1 saturated carbocycles. The summed E-state index contributed by atoms with van der Waals surface area (Å²) in [7, 11) is 1.01. The van der Waals surface area contributed by atoms with Crippen molar-refractivity contribution >= 4 is 21.5 Å². The Bertz CT molecular complexity index is 1220. The van der Waals surface area contributed by atoms with E-state index >= 15 is 0 Å². The van der Waals surface area contributed by atoms with Crippen LogP contribution in [0.15, 0.2) is 36.5 Å². The molecule has 3 fully saturated rings. The van der Waals surface area contributed by atoms with Crippen LogP contribution >= 0.6 is 0 Å². The van der Waals surface area contributed by atoms with Crippen molar-refractivity contribution in [2.45, 2.75) is 42.9 Å². The molecule has 1 aromatic heterocycles. The Hall–Kier alpha value is -2.44. The van der Waals surface area contributed by atoms with Crippen molar-refractivity contribution in [1.82, 2.24) is 20.2 Å². The van der Waals surface area contributed by atoms with Gasteiger partial charge in [0, 0.05) is 30.7 Å². The van der Waals surface area contributed by atoms with E-state index in [9.17, 15) is 21.6 Å². The Balaban J connectivity index is 1.35. The summed E-state index contributed by atoms with van der Waals surface area (Å²) in [5, 5.41) is 3.52. The summed E-state index contributed by atoms with van der Waals surface area (Å²) in [6.07, 6.45) is 0.0310. The van der Waals surface area contributed by atoms with Crippen molar-refractivity contribution in [3.05, 3.63) is 47.8 Å². The number of benzene rings is 1. The van der Waals surface area contributed by atoms with Crippen molar-refractivity contribution in [2.75, 3.05) is 61.7 Å². The summed E-state index contributed by atoms with van der Waals surface area (Å²) in [6, 6.07) is 10.4. The molecular weight excluding hydrogens is 505 g/mol. The van der Waals surface area contributed by atoms with Gasteiger partial charge in [-0.1, -0.05) is 30.3 Å². The molecule has 0 unspecified atom stereocenters. The van der Waals surface area contributed by atoms with Gasteiger partial charge < -0.3 is 9.80 Å². The molecule has 0 atom stereocenters. The zero-order valence-electron chi connectivity index (χ0n) is 21.1. The van der Waals surface area contributed by atoms with E-state index in [1.54, 1.807) is 4.90 Å². The molecule has 1 aromatic carbocycles. The van der Waals surface area contributed by atoms with Crippen LogP contribution in [0.5, 0.6) is 0 Å². The van der Waals surface area contributed by atoms with Gasteiger partial charge in [0.15, 0.2) is 15.5 Å². The molecule has 12 heteroatoms. The number of hydrogen-bond donors (Lipinski definition) is 1. The van der Waals surface area contributed by atoms with E-state index in [1.165, 1.54) is 16.7 Å². The summed E-state index contributed by atoms with van der Waals surface area (Å²) in [4.78, 5) is 13.6. The molecule has 3 heterocycles. The van der Waals surface area contributed by atoms with Crippen molar-refractivity contribution in [3.8, 4) is 0 Å². The second-order valence-electron chi connectivity index (χ2n) is 10.6. The van der Waals surface area contributed by atoms with Crippen LogP contribution in [0.1, 0.15) is 36.9 Å². The Kier molecular flexibility index (Phi) is 6.64. The van der Waals surface area contributed by atoms with Gasteiger partial charge in [-0.15, -0.1) is 0 Å². The Labute approximate surface area is 215 Å². The maximum absolute atomic E-state index is 14.1. The lowest BCUT2D eigenvalue weighted by Crippen LogP contribution is -2.53. The average Bonchev–Trinajstić information content (AvgIpc) is 3.28. The molecule has 202 valence electrons. The van der Waals surface area contributed by atoms with Gasteiger partial charge in [0.05, 0.1) is 30.1 Å². The summed E-state index contributed by atoms with van der Waals surface area (Å²) in [5.41, 5.74) is -0.147. The minimum atomic E-state index is -4.66. The standard InChI is InChI=1S/C25H33F3N6O2S/c1-32(2)24(19-6-4-3-5-7-19)10-8-23(9-11-24)17-34(18-30-23)20-16-29-22(31-21(20)25(26,27)28)33-12-14-37(35,36)15-13-33/h3-7,16,30H,8-15,17-18H2,1-2H3/t23-,24+. The second-order valence-corrected chi connectivity index (χ2v) is 12.9. The van der Waals surface area contributed by atoms with Gasteiger partial charge in [0.1, 0.15) is 0 Å². The number of hydrogen-bond acceptors (Lipinski definition) is 8. The summed E-state index contributed by atoms with van der Waals surface area (Å²) < 4.78 is 65.8. The molecule has 0 amide bonds. The molecule has 8 nitrogen and oxygen atoms in total. The molecule has 1 N–H and O–H groups in total. The first-order valence-electron chi connectivity index (χ1n) is 12.6. The minimum Gasteiger partial charge on any atom is -0.354 e. The first-order valence-corrected chi connectivity index (χ1v) is 14.4. The SMILES string of the molecule is CN(C)[C@]1(c2ccccc2)CC[C@]2(CC1)CN(c1cnc(N3CCS(=O)(=O)CC3)nc1C(F)(F)F)CN2. The van der Waals surface area contributed by atoms with Crippen LogP contribution in [0.2, 0.25) is 0 Å². The number of aromatic nitrogens is 2. The highest BCUT2D eigenvalue weighted by molar-refractivity contribution is 7.91. The fraction of sp³-hybridized carbons (Fsp3) is 0.600. The third kappa shape index (κ3) is 5.03. The molecule has 1 aliphatic carbocycles. The third-order valence-electron chi connectivity index (χ3n) is 8.33. The van der Waals surface area contributed by atoms with Crippen molar-refractivity contribution in [3.63, 3.8) is 0 Å². The molecule has 0 radical (unpaired) electrons. The molecule has 2 saturated heterocycles.